The second-order valence-electron chi connectivity index (χ2n) is 8.04. The lowest BCUT2D eigenvalue weighted by Gasteiger charge is -2.37. The molecule has 2 aromatic carbocycles. The van der Waals surface area contributed by atoms with Crippen LogP contribution in [0.15, 0.2) is 36.4 Å². The molecule has 2 aromatic rings. The number of aliphatic hydroxyl groups is 1. The van der Waals surface area contributed by atoms with Crippen molar-refractivity contribution < 1.29 is 37.2 Å². The summed E-state index contributed by atoms with van der Waals surface area (Å²) in [5.41, 5.74) is 0.729. The van der Waals surface area contributed by atoms with Crippen molar-refractivity contribution in [2.75, 3.05) is 65.6 Å². The van der Waals surface area contributed by atoms with E-state index in [2.05, 4.69) is 4.90 Å². The highest BCUT2D eigenvalue weighted by molar-refractivity contribution is 5.53. The van der Waals surface area contributed by atoms with Crippen LogP contribution in [0, 0.1) is 0 Å². The van der Waals surface area contributed by atoms with Gasteiger partial charge in [0.1, 0.15) is 0 Å². The number of β-amino-alcohol motifs (C(OH)–C–C–N with tert-alkyl or cyclic N) is 1. The minimum absolute atomic E-state index is 0.143. The van der Waals surface area contributed by atoms with E-state index in [1.165, 1.54) is 19.2 Å². The number of methoxy groups -OCH3 is 3. The maximum absolute atomic E-state index is 13.0. The zero-order chi connectivity index (χ0) is 24.7. The molecular formula is C24H31F3N2O5. The lowest BCUT2D eigenvalue weighted by Crippen LogP contribution is -2.49. The monoisotopic (exact) mass is 484 g/mol. The predicted molar refractivity (Wildman–Crippen MR) is 122 cm³/mol. The van der Waals surface area contributed by atoms with Crippen LogP contribution in [0.1, 0.15) is 11.1 Å². The Labute approximate surface area is 197 Å². The molecule has 1 heterocycles. The number of rotatable bonds is 10. The summed E-state index contributed by atoms with van der Waals surface area (Å²) in [5, 5.41) is 10.4. The van der Waals surface area contributed by atoms with Gasteiger partial charge in [-0.25, -0.2) is 0 Å². The topological polar surface area (TPSA) is 63.6 Å². The number of nitrogens with zero attached hydrogens (tertiary/aromatic N) is 2. The standard InChI is InChI=1S/C24H31F3N2O5/c1-31-21-11-17(12-22(32-2)23(21)33-3)15-34-16-20(30)14-28-7-9-29(10-8-28)19-6-4-5-18(13-19)24(25,26)27/h4-6,11-13,20,30H,7-10,14-16H2,1-3H3/t20-/m1/s1. The first-order valence-corrected chi connectivity index (χ1v) is 10.9. The molecule has 7 nitrogen and oxygen atoms in total. The van der Waals surface area contributed by atoms with Crippen LogP contribution in [0.4, 0.5) is 18.9 Å². The van der Waals surface area contributed by atoms with Crippen LogP contribution in [0.3, 0.4) is 0 Å². The van der Waals surface area contributed by atoms with Gasteiger partial charge < -0.3 is 29.0 Å². The molecule has 3 rings (SSSR count). The average molecular weight is 485 g/mol. The van der Waals surface area contributed by atoms with Gasteiger partial charge in [0, 0.05) is 38.4 Å². The van der Waals surface area contributed by atoms with Gasteiger partial charge >= 0.3 is 6.18 Å². The zero-order valence-corrected chi connectivity index (χ0v) is 19.6. The number of anilines is 1. The fraction of sp³-hybridized carbons (Fsp3) is 0.500. The quantitative estimate of drug-likeness (QED) is 0.555. The minimum Gasteiger partial charge on any atom is -0.493 e. The van der Waals surface area contributed by atoms with E-state index in [-0.39, 0.29) is 13.2 Å². The molecule has 34 heavy (non-hydrogen) atoms. The third-order valence-electron chi connectivity index (χ3n) is 5.68. The Morgan fingerprint density at radius 1 is 0.941 bits per heavy atom. The third kappa shape index (κ3) is 6.68. The van der Waals surface area contributed by atoms with E-state index in [9.17, 15) is 18.3 Å². The highest BCUT2D eigenvalue weighted by atomic mass is 19.4. The number of piperazine rings is 1. The summed E-state index contributed by atoms with van der Waals surface area (Å²) in [5.74, 6) is 1.55. The maximum atomic E-state index is 13.0. The normalized spacial score (nSPS) is 15.8. The number of hydrogen-bond acceptors (Lipinski definition) is 7. The number of alkyl halides is 3. The lowest BCUT2D eigenvalue weighted by molar-refractivity contribution is -0.137. The second kappa shape index (κ2) is 11.6. The van der Waals surface area contributed by atoms with Crippen molar-refractivity contribution >= 4 is 5.69 Å². The van der Waals surface area contributed by atoms with Crippen molar-refractivity contribution in [3.8, 4) is 17.2 Å². The summed E-state index contributed by atoms with van der Waals surface area (Å²) < 4.78 is 60.6. The number of aliphatic hydroxyl groups excluding tert-OH is 1. The molecular weight excluding hydrogens is 453 g/mol. The second-order valence-corrected chi connectivity index (χ2v) is 8.04. The summed E-state index contributed by atoms with van der Waals surface area (Å²) >= 11 is 0. The van der Waals surface area contributed by atoms with E-state index >= 15 is 0 Å². The van der Waals surface area contributed by atoms with E-state index in [0.29, 0.717) is 55.7 Å². The average Bonchev–Trinajstić information content (AvgIpc) is 2.83. The van der Waals surface area contributed by atoms with Gasteiger partial charge in [0.15, 0.2) is 11.5 Å². The van der Waals surface area contributed by atoms with Gasteiger partial charge in [-0.2, -0.15) is 13.2 Å². The maximum Gasteiger partial charge on any atom is 0.416 e. The molecule has 0 saturated carbocycles. The van der Waals surface area contributed by atoms with Gasteiger partial charge in [0.2, 0.25) is 5.75 Å². The number of benzene rings is 2. The smallest absolute Gasteiger partial charge is 0.416 e. The molecule has 1 atom stereocenters. The van der Waals surface area contributed by atoms with Crippen molar-refractivity contribution in [2.24, 2.45) is 0 Å². The molecule has 0 amide bonds. The SMILES string of the molecule is COc1cc(COC[C@H](O)CN2CCN(c3cccc(C(F)(F)F)c3)CC2)cc(OC)c1OC. The van der Waals surface area contributed by atoms with Gasteiger partial charge in [-0.3, -0.25) is 4.90 Å². The first-order chi connectivity index (χ1) is 16.2. The Bertz CT molecular complexity index is 908. The number of ether oxygens (including phenoxy) is 4. The highest BCUT2D eigenvalue weighted by Gasteiger charge is 2.31. The number of halogens is 3. The molecule has 1 N–H and O–H groups in total. The van der Waals surface area contributed by atoms with Gasteiger partial charge in [-0.05, 0) is 35.9 Å². The predicted octanol–water partition coefficient (Wildman–Crippen LogP) is 3.43. The first-order valence-electron chi connectivity index (χ1n) is 10.9. The summed E-state index contributed by atoms with van der Waals surface area (Å²) in [4.78, 5) is 4.01. The van der Waals surface area contributed by atoms with Crippen molar-refractivity contribution in [2.45, 2.75) is 18.9 Å². The van der Waals surface area contributed by atoms with E-state index < -0.39 is 17.8 Å². The van der Waals surface area contributed by atoms with E-state index in [1.54, 1.807) is 32.4 Å². The molecule has 10 heteroatoms. The molecule has 0 radical (unpaired) electrons. The summed E-state index contributed by atoms with van der Waals surface area (Å²) in [6, 6.07) is 8.97. The molecule has 0 unspecified atom stereocenters. The highest BCUT2D eigenvalue weighted by Crippen LogP contribution is 2.38. The number of hydrogen-bond donors (Lipinski definition) is 1. The molecule has 1 aliphatic rings. The Hall–Kier alpha value is -2.69. The van der Waals surface area contributed by atoms with Crippen LogP contribution in [-0.4, -0.2) is 76.8 Å². The van der Waals surface area contributed by atoms with E-state index in [1.807, 2.05) is 4.90 Å². The van der Waals surface area contributed by atoms with Crippen LogP contribution in [0.2, 0.25) is 0 Å². The lowest BCUT2D eigenvalue weighted by atomic mass is 10.1. The zero-order valence-electron chi connectivity index (χ0n) is 19.6. The fourth-order valence-corrected chi connectivity index (χ4v) is 3.95. The van der Waals surface area contributed by atoms with Gasteiger partial charge in [0.25, 0.3) is 0 Å². The Kier molecular flexibility index (Phi) is 8.87. The van der Waals surface area contributed by atoms with Gasteiger partial charge in [-0.15, -0.1) is 0 Å². The molecule has 0 aromatic heterocycles. The van der Waals surface area contributed by atoms with E-state index in [0.717, 1.165) is 11.6 Å². The Morgan fingerprint density at radius 3 is 2.15 bits per heavy atom. The summed E-state index contributed by atoms with van der Waals surface area (Å²) in [6.45, 7) is 3.27. The molecule has 1 aliphatic heterocycles. The molecule has 0 aliphatic carbocycles. The van der Waals surface area contributed by atoms with Crippen LogP contribution in [0.25, 0.3) is 0 Å². The molecule has 0 bridgehead atoms. The first kappa shape index (κ1) is 25.9. The van der Waals surface area contributed by atoms with Gasteiger partial charge in [0.05, 0.1) is 46.2 Å². The van der Waals surface area contributed by atoms with Crippen LogP contribution < -0.4 is 19.1 Å². The molecule has 0 spiro atoms. The molecule has 1 saturated heterocycles. The fourth-order valence-electron chi connectivity index (χ4n) is 3.95. The summed E-state index contributed by atoms with van der Waals surface area (Å²) in [6.07, 6.45) is -5.05. The van der Waals surface area contributed by atoms with E-state index in [4.69, 9.17) is 18.9 Å². The summed E-state index contributed by atoms with van der Waals surface area (Å²) in [7, 11) is 4.61. The van der Waals surface area contributed by atoms with Crippen molar-refractivity contribution in [3.05, 3.63) is 47.5 Å². The minimum atomic E-state index is -4.36. The molecule has 188 valence electrons. The Balaban J connectivity index is 1.45. The Morgan fingerprint density at radius 2 is 1.59 bits per heavy atom. The van der Waals surface area contributed by atoms with Gasteiger partial charge in [-0.1, -0.05) is 6.07 Å². The van der Waals surface area contributed by atoms with Crippen molar-refractivity contribution in [1.29, 1.82) is 0 Å². The van der Waals surface area contributed by atoms with Crippen molar-refractivity contribution in [1.82, 2.24) is 4.90 Å². The van der Waals surface area contributed by atoms with Crippen LogP contribution in [-0.2, 0) is 17.5 Å². The largest absolute Gasteiger partial charge is 0.493 e. The van der Waals surface area contributed by atoms with Crippen molar-refractivity contribution in [3.63, 3.8) is 0 Å². The molecule has 1 fully saturated rings. The van der Waals surface area contributed by atoms with Crippen LogP contribution in [0.5, 0.6) is 17.2 Å². The van der Waals surface area contributed by atoms with Crippen LogP contribution >= 0.6 is 0 Å². The third-order valence-corrected chi connectivity index (χ3v) is 5.68.